The Hall–Kier alpha value is -1.22. The summed E-state index contributed by atoms with van der Waals surface area (Å²) in [6, 6.07) is 5.32. The third-order valence-corrected chi connectivity index (χ3v) is 5.86. The van der Waals surface area contributed by atoms with Crippen molar-refractivity contribution in [2.24, 2.45) is 0 Å². The first kappa shape index (κ1) is 16.2. The minimum absolute atomic E-state index is 0.325. The van der Waals surface area contributed by atoms with Crippen molar-refractivity contribution in [1.82, 2.24) is 19.8 Å². The van der Waals surface area contributed by atoms with E-state index in [2.05, 4.69) is 22.1 Å². The lowest BCUT2D eigenvalue weighted by Crippen LogP contribution is -2.26. The summed E-state index contributed by atoms with van der Waals surface area (Å²) in [7, 11) is -3.42. The van der Waals surface area contributed by atoms with E-state index < -0.39 is 10.0 Å². The summed E-state index contributed by atoms with van der Waals surface area (Å²) in [5, 5.41) is 7.29. The molecule has 0 amide bonds. The van der Waals surface area contributed by atoms with Crippen LogP contribution in [0.25, 0.3) is 0 Å². The minimum Gasteiger partial charge on any atom is -0.312 e. The molecule has 6 nitrogen and oxygen atoms in total. The molecule has 0 saturated heterocycles. The summed E-state index contributed by atoms with van der Waals surface area (Å²) in [5.74, 6) is 0. The van der Waals surface area contributed by atoms with E-state index in [0.29, 0.717) is 23.8 Å². The van der Waals surface area contributed by atoms with Crippen molar-refractivity contribution < 1.29 is 8.42 Å². The Bertz CT molecular complexity index is 635. The number of sulfonamides is 1. The van der Waals surface area contributed by atoms with Crippen LogP contribution in [0, 0.1) is 0 Å². The molecule has 2 heterocycles. The van der Waals surface area contributed by atoms with Crippen LogP contribution in [0.2, 0.25) is 0 Å². The Kier molecular flexibility index (Phi) is 5.92. The standard InChI is InChI=1S/C13H20N4O2S2/c1-2-6-14-11-12-4-5-13(20-12)21(18,19)16-8-10-17-9-3-7-15-17/h3-5,7,9,14,16H,2,6,8,10-11H2,1H3. The average Bonchev–Trinajstić information content (AvgIpc) is 3.10. The van der Waals surface area contributed by atoms with Crippen molar-refractivity contribution in [1.29, 1.82) is 0 Å². The lowest BCUT2D eigenvalue weighted by molar-refractivity contribution is 0.562. The number of rotatable bonds is 9. The topological polar surface area (TPSA) is 76.0 Å². The summed E-state index contributed by atoms with van der Waals surface area (Å²) >= 11 is 1.30. The molecule has 0 atom stereocenters. The second-order valence-electron chi connectivity index (χ2n) is 4.56. The van der Waals surface area contributed by atoms with Crippen molar-refractivity contribution in [2.45, 2.75) is 30.6 Å². The molecule has 0 aliphatic rings. The Balaban J connectivity index is 1.86. The van der Waals surface area contributed by atoms with Crippen molar-refractivity contribution in [3.63, 3.8) is 0 Å². The molecule has 0 radical (unpaired) electrons. The molecular weight excluding hydrogens is 308 g/mol. The molecule has 0 saturated carbocycles. The van der Waals surface area contributed by atoms with E-state index in [4.69, 9.17) is 0 Å². The zero-order valence-corrected chi connectivity index (χ0v) is 13.6. The van der Waals surface area contributed by atoms with Gasteiger partial charge in [-0.3, -0.25) is 4.68 Å². The van der Waals surface area contributed by atoms with E-state index in [9.17, 15) is 8.42 Å². The van der Waals surface area contributed by atoms with Gasteiger partial charge in [0, 0.05) is 30.4 Å². The Morgan fingerprint density at radius 2 is 2.19 bits per heavy atom. The predicted molar refractivity (Wildman–Crippen MR) is 83.7 cm³/mol. The summed E-state index contributed by atoms with van der Waals surface area (Å²) < 4.78 is 29.0. The first-order valence-electron chi connectivity index (χ1n) is 6.88. The van der Waals surface area contributed by atoms with Crippen molar-refractivity contribution in [2.75, 3.05) is 13.1 Å². The zero-order chi connectivity index (χ0) is 15.1. The zero-order valence-electron chi connectivity index (χ0n) is 11.9. The molecule has 0 unspecified atom stereocenters. The molecule has 0 spiro atoms. The van der Waals surface area contributed by atoms with Gasteiger partial charge in [0.25, 0.3) is 0 Å². The Morgan fingerprint density at radius 1 is 1.33 bits per heavy atom. The van der Waals surface area contributed by atoms with Crippen LogP contribution in [0.4, 0.5) is 0 Å². The van der Waals surface area contributed by atoms with Crippen molar-refractivity contribution in [3.05, 3.63) is 35.5 Å². The van der Waals surface area contributed by atoms with E-state index in [1.165, 1.54) is 11.3 Å². The number of thiophene rings is 1. The third-order valence-electron chi connectivity index (χ3n) is 2.82. The van der Waals surface area contributed by atoms with E-state index in [0.717, 1.165) is 17.8 Å². The number of nitrogens with zero attached hydrogens (tertiary/aromatic N) is 2. The van der Waals surface area contributed by atoms with E-state index in [1.54, 1.807) is 23.1 Å². The molecule has 0 aliphatic heterocycles. The molecule has 0 aromatic carbocycles. The van der Waals surface area contributed by atoms with Gasteiger partial charge in [0.1, 0.15) is 4.21 Å². The molecule has 21 heavy (non-hydrogen) atoms. The van der Waals surface area contributed by atoms with Gasteiger partial charge in [-0.2, -0.15) is 5.10 Å². The van der Waals surface area contributed by atoms with Gasteiger partial charge in [-0.1, -0.05) is 6.92 Å². The largest absolute Gasteiger partial charge is 0.312 e. The van der Waals surface area contributed by atoms with Gasteiger partial charge >= 0.3 is 0 Å². The fraction of sp³-hybridized carbons (Fsp3) is 0.462. The van der Waals surface area contributed by atoms with Crippen LogP contribution in [-0.2, 0) is 23.1 Å². The van der Waals surface area contributed by atoms with Crippen LogP contribution < -0.4 is 10.0 Å². The van der Waals surface area contributed by atoms with Crippen LogP contribution in [0.1, 0.15) is 18.2 Å². The highest BCUT2D eigenvalue weighted by atomic mass is 32.2. The number of hydrogen-bond acceptors (Lipinski definition) is 5. The van der Waals surface area contributed by atoms with Gasteiger partial charge in [-0.25, -0.2) is 13.1 Å². The number of nitrogens with one attached hydrogen (secondary N) is 2. The average molecular weight is 328 g/mol. The molecule has 2 N–H and O–H groups in total. The summed E-state index contributed by atoms with van der Waals surface area (Å²) in [4.78, 5) is 1.02. The lowest BCUT2D eigenvalue weighted by Gasteiger charge is -2.05. The molecular formula is C13H20N4O2S2. The van der Waals surface area contributed by atoms with Gasteiger partial charge in [0.05, 0.1) is 6.54 Å². The third kappa shape index (κ3) is 4.92. The first-order valence-corrected chi connectivity index (χ1v) is 9.18. The quantitative estimate of drug-likeness (QED) is 0.683. The second kappa shape index (κ2) is 7.69. The summed E-state index contributed by atoms with van der Waals surface area (Å²) in [6.45, 7) is 4.58. The fourth-order valence-electron chi connectivity index (χ4n) is 1.78. The molecule has 8 heteroatoms. The minimum atomic E-state index is -3.42. The Morgan fingerprint density at radius 3 is 2.90 bits per heavy atom. The predicted octanol–water partition coefficient (Wildman–Crippen LogP) is 1.42. The van der Waals surface area contributed by atoms with Crippen LogP contribution in [0.15, 0.2) is 34.8 Å². The van der Waals surface area contributed by atoms with Gasteiger partial charge in [-0.15, -0.1) is 11.3 Å². The SMILES string of the molecule is CCCNCc1ccc(S(=O)(=O)NCCn2cccn2)s1. The van der Waals surface area contributed by atoms with E-state index in [1.807, 2.05) is 12.1 Å². The van der Waals surface area contributed by atoms with Crippen molar-refractivity contribution in [3.8, 4) is 0 Å². The molecule has 2 rings (SSSR count). The highest BCUT2D eigenvalue weighted by Gasteiger charge is 2.16. The maximum absolute atomic E-state index is 12.2. The van der Waals surface area contributed by atoms with Gasteiger partial charge in [0.2, 0.25) is 10.0 Å². The maximum atomic E-state index is 12.2. The Labute approximate surface area is 129 Å². The maximum Gasteiger partial charge on any atom is 0.250 e. The normalized spacial score (nSPS) is 11.9. The lowest BCUT2D eigenvalue weighted by atomic mass is 10.4. The second-order valence-corrected chi connectivity index (χ2v) is 7.73. The number of hydrogen-bond donors (Lipinski definition) is 2. The first-order chi connectivity index (χ1) is 10.1. The highest BCUT2D eigenvalue weighted by molar-refractivity contribution is 7.91. The fourth-order valence-corrected chi connectivity index (χ4v) is 4.18. The van der Waals surface area contributed by atoms with Crippen LogP contribution in [0.3, 0.4) is 0 Å². The summed E-state index contributed by atoms with van der Waals surface area (Å²) in [5.41, 5.74) is 0. The van der Waals surface area contributed by atoms with Crippen molar-refractivity contribution >= 4 is 21.4 Å². The smallest absolute Gasteiger partial charge is 0.250 e. The molecule has 2 aromatic heterocycles. The molecule has 0 bridgehead atoms. The van der Waals surface area contributed by atoms with Gasteiger partial charge in [0.15, 0.2) is 0 Å². The van der Waals surface area contributed by atoms with E-state index in [-0.39, 0.29) is 0 Å². The van der Waals surface area contributed by atoms with Crippen LogP contribution in [0.5, 0.6) is 0 Å². The van der Waals surface area contributed by atoms with E-state index >= 15 is 0 Å². The molecule has 2 aromatic rings. The molecule has 0 aliphatic carbocycles. The van der Waals surface area contributed by atoms with Crippen LogP contribution >= 0.6 is 11.3 Å². The molecule has 0 fully saturated rings. The summed E-state index contributed by atoms with van der Waals surface area (Å²) in [6.07, 6.45) is 4.53. The van der Waals surface area contributed by atoms with Crippen LogP contribution in [-0.4, -0.2) is 31.3 Å². The highest BCUT2D eigenvalue weighted by Crippen LogP contribution is 2.21. The monoisotopic (exact) mass is 328 g/mol. The van der Waals surface area contributed by atoms with Gasteiger partial charge < -0.3 is 5.32 Å². The molecule has 116 valence electrons. The number of aromatic nitrogens is 2. The van der Waals surface area contributed by atoms with Gasteiger partial charge in [-0.05, 0) is 31.2 Å².